The minimum absolute atomic E-state index is 0.0908. The fraction of sp³-hybridized carbons (Fsp3) is 0.286. The molecule has 0 unspecified atom stereocenters. The van der Waals surface area contributed by atoms with Crippen LogP contribution in [0.15, 0.2) is 47.4 Å². The van der Waals surface area contributed by atoms with Crippen molar-refractivity contribution in [1.82, 2.24) is 19.9 Å². The molecule has 9 nitrogen and oxygen atoms in total. The van der Waals surface area contributed by atoms with E-state index in [1.165, 1.54) is 16.7 Å². The highest BCUT2D eigenvalue weighted by Gasteiger charge is 2.19. The number of rotatable bonds is 6. The van der Waals surface area contributed by atoms with E-state index in [2.05, 4.69) is 25.5 Å². The summed E-state index contributed by atoms with van der Waals surface area (Å²) in [6.07, 6.45) is 1.01. The molecule has 3 heterocycles. The molecule has 11 heteroatoms. The summed E-state index contributed by atoms with van der Waals surface area (Å²) >= 11 is 0. The first-order valence-corrected chi connectivity index (χ1v) is 12.5. The van der Waals surface area contributed by atoms with Crippen LogP contribution in [0.2, 0.25) is 0 Å². The average molecular weight is 532 g/mol. The lowest BCUT2D eigenvalue weighted by molar-refractivity contribution is 0.413. The highest BCUT2D eigenvalue weighted by molar-refractivity contribution is 5.86. The Kier molecular flexibility index (Phi) is 7.13. The van der Waals surface area contributed by atoms with Crippen LogP contribution in [-0.2, 0) is 0 Å². The largest absolute Gasteiger partial charge is 0.495 e. The summed E-state index contributed by atoms with van der Waals surface area (Å²) in [6, 6.07) is 10.9. The summed E-state index contributed by atoms with van der Waals surface area (Å²) in [5.74, 6) is -0.679. The van der Waals surface area contributed by atoms with Gasteiger partial charge in [0.15, 0.2) is 5.82 Å². The predicted octanol–water partition coefficient (Wildman–Crippen LogP) is 4.35. The van der Waals surface area contributed by atoms with Gasteiger partial charge in [-0.15, -0.1) is 0 Å². The van der Waals surface area contributed by atoms with E-state index in [1.807, 2.05) is 24.3 Å². The molecular formula is C28H27F2N7O2. The summed E-state index contributed by atoms with van der Waals surface area (Å²) in [5.41, 5.74) is 1.13. The Morgan fingerprint density at radius 3 is 2.59 bits per heavy atom. The summed E-state index contributed by atoms with van der Waals surface area (Å²) in [5, 5.41) is 15.8. The Balaban J connectivity index is 1.53. The van der Waals surface area contributed by atoms with Gasteiger partial charge in [0.2, 0.25) is 5.95 Å². The SMILES string of the molecule is COc1cc(Nc2ncc(F)c(-c3cc(F)c4cc(C#N)c(=O)n(C(C)C)c4c3)n2)ccc1N1CCNCC1. The van der Waals surface area contributed by atoms with Crippen LogP contribution in [0, 0.1) is 23.0 Å². The Labute approximate surface area is 223 Å². The third kappa shape index (κ3) is 4.98. The van der Waals surface area contributed by atoms with Gasteiger partial charge < -0.3 is 24.8 Å². The van der Waals surface area contributed by atoms with E-state index in [-0.39, 0.29) is 39.7 Å². The molecule has 0 bridgehead atoms. The highest BCUT2D eigenvalue weighted by atomic mass is 19.1. The third-order valence-electron chi connectivity index (χ3n) is 6.65. The van der Waals surface area contributed by atoms with Gasteiger partial charge in [0.25, 0.3) is 5.56 Å². The van der Waals surface area contributed by atoms with E-state index in [1.54, 1.807) is 21.0 Å². The fourth-order valence-electron chi connectivity index (χ4n) is 4.80. The van der Waals surface area contributed by atoms with Gasteiger partial charge in [-0.3, -0.25) is 4.79 Å². The zero-order valence-corrected chi connectivity index (χ0v) is 21.8. The van der Waals surface area contributed by atoms with Gasteiger partial charge in [-0.1, -0.05) is 0 Å². The number of nitrogens with zero attached hydrogens (tertiary/aromatic N) is 5. The number of ether oxygens (including phenoxy) is 1. The van der Waals surface area contributed by atoms with Crippen molar-refractivity contribution >= 4 is 28.2 Å². The zero-order chi connectivity index (χ0) is 27.7. The van der Waals surface area contributed by atoms with Crippen LogP contribution in [0.25, 0.3) is 22.2 Å². The number of halogens is 2. The molecule has 200 valence electrons. The molecule has 0 aliphatic carbocycles. The van der Waals surface area contributed by atoms with Gasteiger partial charge in [0, 0.05) is 54.9 Å². The molecule has 0 saturated carbocycles. The van der Waals surface area contributed by atoms with Crippen molar-refractivity contribution in [2.45, 2.75) is 19.9 Å². The maximum atomic E-state index is 15.2. The first kappa shape index (κ1) is 26.1. The maximum absolute atomic E-state index is 15.2. The summed E-state index contributed by atoms with van der Waals surface area (Å²) in [7, 11) is 1.60. The number of fused-ring (bicyclic) bond motifs is 1. The average Bonchev–Trinajstić information content (AvgIpc) is 2.93. The molecule has 1 aliphatic heterocycles. The second-order valence-electron chi connectivity index (χ2n) is 9.47. The first-order valence-electron chi connectivity index (χ1n) is 12.5. The highest BCUT2D eigenvalue weighted by Crippen LogP contribution is 2.33. The van der Waals surface area contributed by atoms with Crippen LogP contribution in [0.1, 0.15) is 25.5 Å². The summed E-state index contributed by atoms with van der Waals surface area (Å²) in [4.78, 5) is 23.4. The number of nitriles is 1. The number of anilines is 3. The Morgan fingerprint density at radius 1 is 1.13 bits per heavy atom. The first-order chi connectivity index (χ1) is 18.8. The lowest BCUT2D eigenvalue weighted by Crippen LogP contribution is -2.43. The second-order valence-corrected chi connectivity index (χ2v) is 9.47. The minimum atomic E-state index is -0.752. The lowest BCUT2D eigenvalue weighted by atomic mass is 10.0. The molecule has 39 heavy (non-hydrogen) atoms. The van der Waals surface area contributed by atoms with Crippen LogP contribution in [0.3, 0.4) is 0 Å². The Hall–Kier alpha value is -4.56. The van der Waals surface area contributed by atoms with Crippen molar-refractivity contribution in [2.75, 3.05) is 43.5 Å². The fourth-order valence-corrected chi connectivity index (χ4v) is 4.80. The standard InChI is InChI=1S/C28H27F2N7O2/c1-16(2)37-24-12-17(11-21(29)20(24)10-18(14-31)27(37)38)26-22(30)15-33-28(35-26)34-19-4-5-23(25(13-19)39-3)36-8-6-32-7-9-36/h4-5,10-13,15-16,32H,6-9H2,1-3H3,(H,33,34,35). The molecular weight excluding hydrogens is 504 g/mol. The van der Waals surface area contributed by atoms with Crippen molar-refractivity contribution in [2.24, 2.45) is 0 Å². The molecule has 2 aromatic carbocycles. The number of nitrogens with one attached hydrogen (secondary N) is 2. The molecule has 0 atom stereocenters. The van der Waals surface area contributed by atoms with Crippen LogP contribution < -0.4 is 25.8 Å². The van der Waals surface area contributed by atoms with E-state index >= 15 is 4.39 Å². The maximum Gasteiger partial charge on any atom is 0.269 e. The van der Waals surface area contributed by atoms with Gasteiger partial charge >= 0.3 is 0 Å². The summed E-state index contributed by atoms with van der Waals surface area (Å²) < 4.78 is 37.1. The molecule has 2 N–H and O–H groups in total. The quantitative estimate of drug-likeness (QED) is 0.378. The van der Waals surface area contributed by atoms with E-state index in [0.29, 0.717) is 11.4 Å². The number of hydrogen-bond donors (Lipinski definition) is 2. The minimum Gasteiger partial charge on any atom is -0.495 e. The second kappa shape index (κ2) is 10.7. The van der Waals surface area contributed by atoms with Crippen molar-refractivity contribution in [1.29, 1.82) is 5.26 Å². The number of piperazine rings is 1. The Bertz CT molecular complexity index is 1660. The van der Waals surface area contributed by atoms with Crippen molar-refractivity contribution in [3.05, 3.63) is 70.1 Å². The van der Waals surface area contributed by atoms with Gasteiger partial charge in [-0.2, -0.15) is 5.26 Å². The van der Waals surface area contributed by atoms with E-state index < -0.39 is 17.2 Å². The number of methoxy groups -OCH3 is 1. The molecule has 1 aliphatic rings. The van der Waals surface area contributed by atoms with Gasteiger partial charge in [-0.25, -0.2) is 18.7 Å². The van der Waals surface area contributed by atoms with E-state index in [9.17, 15) is 14.4 Å². The van der Waals surface area contributed by atoms with Crippen LogP contribution in [-0.4, -0.2) is 47.8 Å². The van der Waals surface area contributed by atoms with Crippen LogP contribution in [0.4, 0.5) is 26.1 Å². The molecule has 0 radical (unpaired) electrons. The predicted molar refractivity (Wildman–Crippen MR) is 146 cm³/mol. The van der Waals surface area contributed by atoms with Crippen molar-refractivity contribution < 1.29 is 13.5 Å². The normalized spacial score (nSPS) is 13.5. The zero-order valence-electron chi connectivity index (χ0n) is 21.8. The molecule has 0 spiro atoms. The lowest BCUT2D eigenvalue weighted by Gasteiger charge is -2.30. The van der Waals surface area contributed by atoms with Crippen molar-refractivity contribution in [3.8, 4) is 23.1 Å². The third-order valence-corrected chi connectivity index (χ3v) is 6.65. The number of hydrogen-bond acceptors (Lipinski definition) is 8. The van der Waals surface area contributed by atoms with E-state index in [4.69, 9.17) is 4.74 Å². The van der Waals surface area contributed by atoms with Crippen LogP contribution >= 0.6 is 0 Å². The molecule has 4 aromatic rings. The topological polar surface area (TPSA) is 108 Å². The number of aromatic nitrogens is 3. The summed E-state index contributed by atoms with van der Waals surface area (Å²) in [6.45, 7) is 6.99. The number of benzene rings is 2. The molecule has 1 saturated heterocycles. The molecule has 0 amide bonds. The molecule has 5 rings (SSSR count). The van der Waals surface area contributed by atoms with Gasteiger partial charge in [0.1, 0.15) is 28.9 Å². The smallest absolute Gasteiger partial charge is 0.269 e. The monoisotopic (exact) mass is 531 g/mol. The van der Waals surface area contributed by atoms with Gasteiger partial charge in [-0.05, 0) is 44.2 Å². The van der Waals surface area contributed by atoms with E-state index in [0.717, 1.165) is 44.1 Å². The molecule has 2 aromatic heterocycles. The van der Waals surface area contributed by atoms with Gasteiger partial charge in [0.05, 0.1) is 24.5 Å². The van der Waals surface area contributed by atoms with Crippen molar-refractivity contribution in [3.63, 3.8) is 0 Å². The number of pyridine rings is 1. The molecule has 1 fully saturated rings. The van der Waals surface area contributed by atoms with Crippen LogP contribution in [0.5, 0.6) is 5.75 Å². The Morgan fingerprint density at radius 2 is 1.90 bits per heavy atom.